The number of aryl methyl sites for hydroxylation is 1. The predicted molar refractivity (Wildman–Crippen MR) is 74.0 cm³/mol. The van der Waals surface area contributed by atoms with E-state index in [0.29, 0.717) is 12.4 Å². The van der Waals surface area contributed by atoms with Crippen molar-refractivity contribution in [2.75, 3.05) is 13.1 Å². The highest BCUT2D eigenvalue weighted by molar-refractivity contribution is 5.81. The van der Waals surface area contributed by atoms with E-state index < -0.39 is 0 Å². The Morgan fingerprint density at radius 2 is 2.16 bits per heavy atom. The molecule has 1 aromatic heterocycles. The quantitative estimate of drug-likeness (QED) is 0.822. The Kier molecular flexibility index (Phi) is 3.78. The number of hydrogen-bond donors (Lipinski definition) is 0. The zero-order chi connectivity index (χ0) is 14.0. The Hall–Kier alpha value is -1.58. The van der Waals surface area contributed by atoms with E-state index in [0.717, 1.165) is 18.7 Å². The number of aromatic nitrogens is 1. The van der Waals surface area contributed by atoms with Gasteiger partial charge in [-0.3, -0.25) is 4.79 Å². The van der Waals surface area contributed by atoms with Crippen LogP contribution in [0, 0.1) is 12.3 Å². The second-order valence-electron chi connectivity index (χ2n) is 6.15. The lowest BCUT2D eigenvalue weighted by Gasteiger charge is -2.25. The van der Waals surface area contributed by atoms with Gasteiger partial charge in [-0.05, 0) is 13.0 Å². The van der Waals surface area contributed by atoms with Crippen LogP contribution in [0.15, 0.2) is 18.2 Å². The molecule has 2 rings (SSSR count). The van der Waals surface area contributed by atoms with Crippen molar-refractivity contribution in [1.29, 1.82) is 0 Å². The number of ether oxygens (including phenoxy) is 1. The molecule has 19 heavy (non-hydrogen) atoms. The summed E-state index contributed by atoms with van der Waals surface area (Å²) in [5.41, 5.74) is 0.620. The fourth-order valence-corrected chi connectivity index (χ4v) is 2.24. The standard InChI is InChI=1S/C15H22N2O2/c1-11-6-5-7-13(16-11)19-12-8-9-17(10-12)14(18)15(2,3)4/h5-7,12H,8-10H2,1-4H3. The van der Waals surface area contributed by atoms with Crippen molar-refractivity contribution in [3.63, 3.8) is 0 Å². The third-order valence-electron chi connectivity index (χ3n) is 3.22. The minimum absolute atomic E-state index is 0.0561. The van der Waals surface area contributed by atoms with Crippen molar-refractivity contribution in [3.8, 4) is 5.88 Å². The van der Waals surface area contributed by atoms with Crippen molar-refractivity contribution in [2.24, 2.45) is 5.41 Å². The summed E-state index contributed by atoms with van der Waals surface area (Å²) in [6.07, 6.45) is 0.929. The van der Waals surface area contributed by atoms with Gasteiger partial charge in [-0.2, -0.15) is 0 Å². The number of likely N-dealkylation sites (tertiary alicyclic amines) is 1. The van der Waals surface area contributed by atoms with Crippen LogP contribution in [0.4, 0.5) is 0 Å². The van der Waals surface area contributed by atoms with E-state index >= 15 is 0 Å². The van der Waals surface area contributed by atoms with Gasteiger partial charge in [0.15, 0.2) is 0 Å². The van der Waals surface area contributed by atoms with Gasteiger partial charge in [-0.15, -0.1) is 0 Å². The summed E-state index contributed by atoms with van der Waals surface area (Å²) in [5.74, 6) is 0.839. The van der Waals surface area contributed by atoms with Gasteiger partial charge < -0.3 is 9.64 Å². The van der Waals surface area contributed by atoms with Crippen LogP contribution in [0.3, 0.4) is 0 Å². The number of amides is 1. The summed E-state index contributed by atoms with van der Waals surface area (Å²) in [6.45, 7) is 9.22. The summed E-state index contributed by atoms with van der Waals surface area (Å²) in [5, 5.41) is 0. The molecule has 4 nitrogen and oxygen atoms in total. The lowest BCUT2D eigenvalue weighted by molar-refractivity contribution is -0.138. The molecule has 1 aliphatic rings. The second-order valence-corrected chi connectivity index (χ2v) is 6.15. The monoisotopic (exact) mass is 262 g/mol. The van der Waals surface area contributed by atoms with E-state index in [1.54, 1.807) is 0 Å². The number of carbonyl (C=O) groups excluding carboxylic acids is 1. The number of carbonyl (C=O) groups is 1. The molecule has 0 bridgehead atoms. The first-order chi connectivity index (χ1) is 8.86. The molecule has 1 aromatic rings. The summed E-state index contributed by atoms with van der Waals surface area (Å²) in [7, 11) is 0. The van der Waals surface area contributed by atoms with E-state index in [1.165, 1.54) is 0 Å². The van der Waals surface area contributed by atoms with Crippen molar-refractivity contribution in [2.45, 2.75) is 40.2 Å². The summed E-state index contributed by atoms with van der Waals surface area (Å²) in [6, 6.07) is 5.74. The van der Waals surface area contributed by atoms with Gasteiger partial charge in [0.25, 0.3) is 0 Å². The van der Waals surface area contributed by atoms with Crippen LogP contribution in [-0.4, -0.2) is 35.0 Å². The van der Waals surface area contributed by atoms with Crippen molar-refractivity contribution >= 4 is 5.91 Å². The third kappa shape index (κ3) is 3.46. The maximum atomic E-state index is 12.2. The maximum Gasteiger partial charge on any atom is 0.228 e. The molecule has 1 aliphatic heterocycles. The average molecular weight is 262 g/mol. The Balaban J connectivity index is 1.94. The zero-order valence-electron chi connectivity index (χ0n) is 12.1. The minimum atomic E-state index is -0.323. The molecule has 1 atom stereocenters. The van der Waals surface area contributed by atoms with Crippen LogP contribution in [-0.2, 0) is 4.79 Å². The molecule has 1 amide bonds. The van der Waals surface area contributed by atoms with Gasteiger partial charge in [-0.1, -0.05) is 26.8 Å². The van der Waals surface area contributed by atoms with Crippen LogP contribution in [0.25, 0.3) is 0 Å². The van der Waals surface area contributed by atoms with Gasteiger partial charge in [0.2, 0.25) is 11.8 Å². The molecule has 0 radical (unpaired) electrons. The molecule has 104 valence electrons. The molecule has 0 aromatic carbocycles. The highest BCUT2D eigenvalue weighted by Gasteiger charge is 2.33. The predicted octanol–water partition coefficient (Wildman–Crippen LogP) is 2.42. The Labute approximate surface area is 114 Å². The molecule has 0 aliphatic carbocycles. The fourth-order valence-electron chi connectivity index (χ4n) is 2.24. The van der Waals surface area contributed by atoms with Crippen molar-refractivity contribution in [1.82, 2.24) is 9.88 Å². The molecular formula is C15H22N2O2. The van der Waals surface area contributed by atoms with Gasteiger partial charge in [0.1, 0.15) is 6.10 Å². The second kappa shape index (κ2) is 5.19. The van der Waals surface area contributed by atoms with E-state index in [1.807, 2.05) is 50.8 Å². The largest absolute Gasteiger partial charge is 0.472 e. The fraction of sp³-hybridized carbons (Fsp3) is 0.600. The van der Waals surface area contributed by atoms with Crippen molar-refractivity contribution in [3.05, 3.63) is 23.9 Å². The van der Waals surface area contributed by atoms with Crippen LogP contribution in [0.2, 0.25) is 0 Å². The molecule has 0 N–H and O–H groups in total. The molecule has 1 fully saturated rings. The summed E-state index contributed by atoms with van der Waals surface area (Å²) >= 11 is 0. The minimum Gasteiger partial charge on any atom is -0.472 e. The van der Waals surface area contributed by atoms with E-state index in [4.69, 9.17) is 4.74 Å². The highest BCUT2D eigenvalue weighted by atomic mass is 16.5. The maximum absolute atomic E-state index is 12.2. The van der Waals surface area contributed by atoms with E-state index in [2.05, 4.69) is 4.98 Å². The first-order valence-corrected chi connectivity index (χ1v) is 6.76. The zero-order valence-corrected chi connectivity index (χ0v) is 12.1. The lowest BCUT2D eigenvalue weighted by Crippen LogP contribution is -2.38. The first kappa shape index (κ1) is 13.8. The van der Waals surface area contributed by atoms with Gasteiger partial charge in [-0.25, -0.2) is 4.98 Å². The number of hydrogen-bond acceptors (Lipinski definition) is 3. The normalized spacial score (nSPS) is 19.6. The molecule has 4 heteroatoms. The first-order valence-electron chi connectivity index (χ1n) is 6.76. The SMILES string of the molecule is Cc1cccc(OC2CCN(C(=O)C(C)(C)C)C2)n1. The third-order valence-corrected chi connectivity index (χ3v) is 3.22. The van der Waals surface area contributed by atoms with Gasteiger partial charge in [0, 0.05) is 30.1 Å². The van der Waals surface area contributed by atoms with Crippen LogP contribution in [0.5, 0.6) is 5.88 Å². The lowest BCUT2D eigenvalue weighted by atomic mass is 9.95. The van der Waals surface area contributed by atoms with Gasteiger partial charge >= 0.3 is 0 Å². The number of pyridine rings is 1. The van der Waals surface area contributed by atoms with Crippen LogP contribution >= 0.6 is 0 Å². The Morgan fingerprint density at radius 1 is 1.42 bits per heavy atom. The molecule has 2 heterocycles. The smallest absolute Gasteiger partial charge is 0.228 e. The van der Waals surface area contributed by atoms with E-state index in [-0.39, 0.29) is 17.4 Å². The van der Waals surface area contributed by atoms with Crippen molar-refractivity contribution < 1.29 is 9.53 Å². The molecular weight excluding hydrogens is 240 g/mol. The molecule has 0 spiro atoms. The topological polar surface area (TPSA) is 42.4 Å². The van der Waals surface area contributed by atoms with E-state index in [9.17, 15) is 4.79 Å². The Morgan fingerprint density at radius 3 is 2.79 bits per heavy atom. The van der Waals surface area contributed by atoms with Crippen LogP contribution in [0.1, 0.15) is 32.9 Å². The summed E-state index contributed by atoms with van der Waals surface area (Å²) in [4.78, 5) is 18.4. The van der Waals surface area contributed by atoms with Crippen LogP contribution < -0.4 is 4.74 Å². The molecule has 1 saturated heterocycles. The highest BCUT2D eigenvalue weighted by Crippen LogP contribution is 2.23. The Bertz CT molecular complexity index is 465. The van der Waals surface area contributed by atoms with Gasteiger partial charge in [0.05, 0.1) is 6.54 Å². The summed E-state index contributed by atoms with van der Waals surface area (Å²) < 4.78 is 5.84. The molecule has 1 unspecified atom stereocenters. The molecule has 0 saturated carbocycles. The average Bonchev–Trinajstić information content (AvgIpc) is 2.75. The number of rotatable bonds is 2. The number of nitrogens with zero attached hydrogens (tertiary/aromatic N) is 2.